The molecule has 0 aliphatic carbocycles. The number of cyclic esters (lactones) is 1. The second kappa shape index (κ2) is 7.36. The number of alkyl carbamates (subject to hydrolysis) is 1. The van der Waals surface area contributed by atoms with E-state index in [2.05, 4.69) is 22.1 Å². The van der Waals surface area contributed by atoms with Gasteiger partial charge in [-0.1, -0.05) is 30.0 Å². The number of amides is 1. The van der Waals surface area contributed by atoms with Crippen molar-refractivity contribution >= 4 is 6.09 Å². The number of hydrogen-bond donors (Lipinski definition) is 1. The first-order valence-electron chi connectivity index (χ1n) is 8.92. The van der Waals surface area contributed by atoms with E-state index in [1.165, 1.54) is 0 Å². The van der Waals surface area contributed by atoms with Crippen LogP contribution in [0.2, 0.25) is 0 Å². The lowest BCUT2D eigenvalue weighted by Crippen LogP contribution is -2.39. The second-order valence-corrected chi connectivity index (χ2v) is 6.86. The second-order valence-electron chi connectivity index (χ2n) is 6.86. The molecule has 1 amide bonds. The molecule has 1 saturated heterocycles. The molecular formula is C23H16F2N2O2. The first kappa shape index (κ1) is 18.6. The van der Waals surface area contributed by atoms with Crippen LogP contribution in [-0.4, -0.2) is 11.1 Å². The predicted octanol–water partition coefficient (Wildman–Crippen LogP) is 4.46. The van der Waals surface area contributed by atoms with Crippen LogP contribution < -0.4 is 5.32 Å². The van der Waals surface area contributed by atoms with Gasteiger partial charge in [0.05, 0.1) is 0 Å². The van der Waals surface area contributed by atoms with Crippen LogP contribution in [0.4, 0.5) is 13.6 Å². The molecule has 1 aromatic heterocycles. The molecule has 2 atom stereocenters. The topological polar surface area (TPSA) is 51.2 Å². The molecule has 29 heavy (non-hydrogen) atoms. The van der Waals surface area contributed by atoms with Crippen LogP contribution in [0, 0.1) is 23.5 Å². The maximum atomic E-state index is 14.4. The Morgan fingerprint density at radius 3 is 2.59 bits per heavy atom. The molecule has 4 nitrogen and oxygen atoms in total. The van der Waals surface area contributed by atoms with Crippen molar-refractivity contribution in [3.8, 4) is 11.8 Å². The van der Waals surface area contributed by atoms with Gasteiger partial charge in [-0.15, -0.1) is 0 Å². The molecule has 1 aliphatic heterocycles. The molecule has 2 aromatic carbocycles. The molecule has 3 aromatic rings. The third-order valence-electron chi connectivity index (χ3n) is 4.81. The minimum atomic E-state index is -1.15. The van der Waals surface area contributed by atoms with Gasteiger partial charge in [-0.25, -0.2) is 13.6 Å². The third kappa shape index (κ3) is 3.67. The number of aromatic nitrogens is 1. The van der Waals surface area contributed by atoms with Gasteiger partial charge in [0.25, 0.3) is 0 Å². The zero-order chi connectivity index (χ0) is 20.4. The van der Waals surface area contributed by atoms with E-state index in [1.54, 1.807) is 25.4 Å². The van der Waals surface area contributed by atoms with Crippen LogP contribution in [0.25, 0.3) is 0 Å². The highest BCUT2D eigenvalue weighted by atomic mass is 19.1. The van der Waals surface area contributed by atoms with E-state index in [-0.39, 0.29) is 5.56 Å². The molecule has 0 spiro atoms. The molecule has 2 heterocycles. The largest absolute Gasteiger partial charge is 0.438 e. The third-order valence-corrected chi connectivity index (χ3v) is 4.81. The fraction of sp³-hybridized carbons (Fsp3) is 0.130. The van der Waals surface area contributed by atoms with Crippen molar-refractivity contribution in [2.45, 2.75) is 18.6 Å². The lowest BCUT2D eigenvalue weighted by molar-refractivity contribution is 0.109. The van der Waals surface area contributed by atoms with E-state index in [0.717, 1.165) is 23.8 Å². The Morgan fingerprint density at radius 2 is 1.79 bits per heavy atom. The molecule has 2 unspecified atom stereocenters. The van der Waals surface area contributed by atoms with Crippen molar-refractivity contribution in [3.05, 3.63) is 101 Å². The van der Waals surface area contributed by atoms with Crippen molar-refractivity contribution < 1.29 is 18.3 Å². The molecule has 1 aliphatic rings. The summed E-state index contributed by atoms with van der Waals surface area (Å²) < 4.78 is 33.4. The first-order chi connectivity index (χ1) is 14.0. The molecule has 1 fully saturated rings. The zero-order valence-electron chi connectivity index (χ0n) is 15.4. The number of ether oxygens (including phenoxy) is 1. The number of benzene rings is 2. The Balaban J connectivity index is 1.73. The quantitative estimate of drug-likeness (QED) is 0.658. The van der Waals surface area contributed by atoms with Crippen LogP contribution in [0.3, 0.4) is 0 Å². The summed E-state index contributed by atoms with van der Waals surface area (Å²) >= 11 is 0. The van der Waals surface area contributed by atoms with E-state index in [1.807, 2.05) is 30.3 Å². The van der Waals surface area contributed by atoms with Crippen molar-refractivity contribution in [3.63, 3.8) is 0 Å². The Kier molecular flexibility index (Phi) is 4.73. The van der Waals surface area contributed by atoms with Crippen LogP contribution in [0.1, 0.15) is 35.3 Å². The lowest BCUT2D eigenvalue weighted by atomic mass is 9.83. The van der Waals surface area contributed by atoms with Crippen LogP contribution in [0.15, 0.2) is 67.0 Å². The van der Waals surface area contributed by atoms with E-state index in [9.17, 15) is 13.6 Å². The van der Waals surface area contributed by atoms with Crippen molar-refractivity contribution in [2.24, 2.45) is 0 Å². The number of carbonyl (C=O) groups excluding carboxylic acids is 1. The maximum absolute atomic E-state index is 14.4. The molecule has 144 valence electrons. The van der Waals surface area contributed by atoms with E-state index in [0.29, 0.717) is 11.1 Å². The van der Waals surface area contributed by atoms with E-state index >= 15 is 0 Å². The Bertz CT molecular complexity index is 1140. The van der Waals surface area contributed by atoms with Crippen LogP contribution in [0.5, 0.6) is 0 Å². The summed E-state index contributed by atoms with van der Waals surface area (Å²) in [6.07, 6.45) is 1.36. The van der Waals surface area contributed by atoms with Gasteiger partial charge in [-0.2, -0.15) is 0 Å². The predicted molar refractivity (Wildman–Crippen MR) is 103 cm³/mol. The summed E-state index contributed by atoms with van der Waals surface area (Å²) in [5.74, 6) is 4.79. The Hall–Kier alpha value is -3.72. The molecule has 4 rings (SSSR count). The zero-order valence-corrected chi connectivity index (χ0v) is 15.4. The monoisotopic (exact) mass is 390 g/mol. The van der Waals surface area contributed by atoms with Crippen LogP contribution in [-0.2, 0) is 10.3 Å². The minimum absolute atomic E-state index is 0.0494. The number of halogens is 2. The first-order valence-corrected chi connectivity index (χ1v) is 8.92. The van der Waals surface area contributed by atoms with Gasteiger partial charge >= 0.3 is 6.09 Å². The summed E-state index contributed by atoms with van der Waals surface area (Å²) in [4.78, 5) is 16.2. The fourth-order valence-electron chi connectivity index (χ4n) is 3.30. The maximum Gasteiger partial charge on any atom is 0.408 e. The Labute approximate surface area is 166 Å². The number of nitrogens with zero attached hydrogens (tertiary/aromatic N) is 1. The van der Waals surface area contributed by atoms with E-state index < -0.39 is 29.4 Å². The average Bonchev–Trinajstić information content (AvgIpc) is 3.04. The molecule has 6 heteroatoms. The van der Waals surface area contributed by atoms with Gasteiger partial charge in [0, 0.05) is 34.6 Å². The molecule has 0 radical (unpaired) electrons. The SMILES string of the molecule is CC1(c2cncc(C#Cc3ccccc3)c2)NC(=O)OC1c1cc(F)ccc1F. The van der Waals surface area contributed by atoms with Gasteiger partial charge in [-0.3, -0.25) is 4.98 Å². The standard InChI is InChI=1S/C23H16F2N2O2/c1-23(21(29-22(28)27-23)19-12-18(24)9-10-20(19)25)17-11-16(13-26-14-17)8-7-15-5-3-2-4-6-15/h2-6,9-14,21H,1H3,(H,27,28). The molecule has 1 N–H and O–H groups in total. The molecule has 0 saturated carbocycles. The molecular weight excluding hydrogens is 374 g/mol. The summed E-state index contributed by atoms with van der Waals surface area (Å²) in [6.45, 7) is 1.68. The lowest BCUT2D eigenvalue weighted by Gasteiger charge is -2.29. The van der Waals surface area contributed by atoms with Gasteiger partial charge in [-0.05, 0) is 43.3 Å². The number of rotatable bonds is 2. The number of hydrogen-bond acceptors (Lipinski definition) is 3. The van der Waals surface area contributed by atoms with Crippen molar-refractivity contribution in [1.29, 1.82) is 0 Å². The van der Waals surface area contributed by atoms with E-state index in [4.69, 9.17) is 4.74 Å². The van der Waals surface area contributed by atoms with Gasteiger partial charge in [0.1, 0.15) is 17.2 Å². The summed E-state index contributed by atoms with van der Waals surface area (Å²) in [5.41, 5.74) is 0.834. The fourth-order valence-corrected chi connectivity index (χ4v) is 3.30. The summed E-state index contributed by atoms with van der Waals surface area (Å²) in [5, 5.41) is 2.70. The highest BCUT2D eigenvalue weighted by Crippen LogP contribution is 2.42. The van der Waals surface area contributed by atoms with Gasteiger partial charge < -0.3 is 10.1 Å². The summed E-state index contributed by atoms with van der Waals surface area (Å²) in [6, 6.07) is 14.3. The normalized spacial score (nSPS) is 20.4. The number of carbonyl (C=O) groups is 1. The smallest absolute Gasteiger partial charge is 0.408 e. The average molecular weight is 390 g/mol. The number of nitrogens with one attached hydrogen (secondary N) is 1. The molecule has 0 bridgehead atoms. The van der Waals surface area contributed by atoms with Crippen LogP contribution >= 0.6 is 0 Å². The highest BCUT2D eigenvalue weighted by molar-refractivity contribution is 5.72. The summed E-state index contributed by atoms with van der Waals surface area (Å²) in [7, 11) is 0. The van der Waals surface area contributed by atoms with Gasteiger partial charge in [0.15, 0.2) is 6.10 Å². The highest BCUT2D eigenvalue weighted by Gasteiger charge is 2.48. The Morgan fingerprint density at radius 1 is 1.03 bits per heavy atom. The van der Waals surface area contributed by atoms with Crippen molar-refractivity contribution in [2.75, 3.05) is 0 Å². The number of pyridine rings is 1. The van der Waals surface area contributed by atoms with Crippen molar-refractivity contribution in [1.82, 2.24) is 10.3 Å². The van der Waals surface area contributed by atoms with Gasteiger partial charge in [0.2, 0.25) is 0 Å². The minimum Gasteiger partial charge on any atom is -0.438 e.